The third-order valence-electron chi connectivity index (χ3n) is 19.4. The molecule has 2 unspecified atom stereocenters. The zero-order chi connectivity index (χ0) is 62.0. The number of aliphatic hydroxyl groups excluding tert-OH is 2. The first-order valence-electron chi connectivity index (χ1n) is 40.3. The van der Waals surface area contributed by atoms with Crippen molar-refractivity contribution in [2.45, 2.75) is 488 Å². The van der Waals surface area contributed by atoms with Crippen LogP contribution in [-0.4, -0.2) is 47.4 Å². The minimum Gasteiger partial charge on any atom is -0.466 e. The fraction of sp³-hybridized carbons (Fsp3) is 0.975. The van der Waals surface area contributed by atoms with Gasteiger partial charge >= 0.3 is 5.97 Å². The van der Waals surface area contributed by atoms with Crippen molar-refractivity contribution < 1.29 is 24.5 Å². The Balaban J connectivity index is 3.32. The molecule has 0 spiro atoms. The van der Waals surface area contributed by atoms with Gasteiger partial charge in [-0.1, -0.05) is 438 Å². The first kappa shape index (κ1) is 84.9. The van der Waals surface area contributed by atoms with Crippen LogP contribution in [0.2, 0.25) is 0 Å². The topological polar surface area (TPSA) is 95.9 Å². The summed E-state index contributed by atoms with van der Waals surface area (Å²) in [5.41, 5.74) is 0. The minimum absolute atomic E-state index is 0.0235. The van der Waals surface area contributed by atoms with E-state index < -0.39 is 12.1 Å². The van der Waals surface area contributed by atoms with E-state index in [2.05, 4.69) is 19.2 Å². The second-order valence-electron chi connectivity index (χ2n) is 28.1. The van der Waals surface area contributed by atoms with Gasteiger partial charge in [0.15, 0.2) is 0 Å². The number of aliphatic hydroxyl groups is 2. The maximum absolute atomic E-state index is 12.6. The van der Waals surface area contributed by atoms with Crippen molar-refractivity contribution in [2.24, 2.45) is 0 Å². The summed E-state index contributed by atoms with van der Waals surface area (Å²) in [7, 11) is 0. The van der Waals surface area contributed by atoms with Crippen LogP contribution < -0.4 is 5.32 Å². The molecule has 0 aromatic rings. The second-order valence-corrected chi connectivity index (χ2v) is 28.1. The molecule has 0 saturated carbocycles. The predicted octanol–water partition coefficient (Wildman–Crippen LogP) is 26.5. The van der Waals surface area contributed by atoms with E-state index in [0.29, 0.717) is 25.9 Å². The van der Waals surface area contributed by atoms with Gasteiger partial charge in [-0.15, -0.1) is 0 Å². The molecule has 0 aliphatic rings. The maximum Gasteiger partial charge on any atom is 0.305 e. The minimum atomic E-state index is -0.661. The van der Waals surface area contributed by atoms with Crippen molar-refractivity contribution in [3.63, 3.8) is 0 Å². The third-order valence-corrected chi connectivity index (χ3v) is 19.4. The largest absolute Gasteiger partial charge is 0.466 e. The highest BCUT2D eigenvalue weighted by Crippen LogP contribution is 2.21. The number of esters is 1. The Morgan fingerprint density at radius 3 is 0.709 bits per heavy atom. The van der Waals surface area contributed by atoms with Gasteiger partial charge in [0.05, 0.1) is 25.4 Å². The Morgan fingerprint density at radius 1 is 0.279 bits per heavy atom. The molecule has 514 valence electrons. The molecule has 0 aromatic carbocycles. The van der Waals surface area contributed by atoms with Gasteiger partial charge in [-0.25, -0.2) is 0 Å². The predicted molar refractivity (Wildman–Crippen MR) is 380 cm³/mol. The summed E-state index contributed by atoms with van der Waals surface area (Å²) in [5, 5.41) is 23.5. The van der Waals surface area contributed by atoms with Crippen LogP contribution in [0.25, 0.3) is 0 Å². The number of ether oxygens (including phenoxy) is 1. The van der Waals surface area contributed by atoms with Crippen molar-refractivity contribution in [3.05, 3.63) is 0 Å². The first-order valence-corrected chi connectivity index (χ1v) is 40.3. The molecule has 0 saturated heterocycles. The Morgan fingerprint density at radius 2 is 0.477 bits per heavy atom. The van der Waals surface area contributed by atoms with Crippen LogP contribution in [0.1, 0.15) is 476 Å². The summed E-state index contributed by atoms with van der Waals surface area (Å²) in [6, 6.07) is -0.538. The monoisotopic (exact) mass is 1210 g/mol. The highest BCUT2D eigenvalue weighted by molar-refractivity contribution is 5.76. The molecule has 0 aromatic heterocycles. The summed E-state index contributed by atoms with van der Waals surface area (Å²) in [5.74, 6) is 0.000405. The molecule has 6 heteroatoms. The van der Waals surface area contributed by atoms with Crippen molar-refractivity contribution in [1.29, 1.82) is 0 Å². The Bertz CT molecular complexity index is 1260. The standard InChI is InChI=1S/C80H159NO5/c1-3-5-7-9-11-13-15-17-18-19-20-21-22-34-37-40-43-46-49-52-56-60-64-68-72-78(83)77(76-82)81-79(84)73-69-65-61-57-53-50-47-44-41-38-35-32-30-28-26-24-23-25-27-29-31-33-36-39-42-45-48-51-55-59-63-67-71-75-86-80(85)74-70-66-62-58-54-16-14-12-10-8-6-4-2/h77-78,82-83H,3-76H2,1-2H3,(H,81,84). The van der Waals surface area contributed by atoms with E-state index in [1.807, 2.05) is 0 Å². The fourth-order valence-corrected chi connectivity index (χ4v) is 13.3. The SMILES string of the molecule is CCCCCCCCCCCCCCCCCCCCCCCCCCC(O)C(CO)NC(=O)CCCCCCCCCCCCCCCCCCCCCCCCCCCCCCCCCCCOC(=O)CCCCCCCCCCCCCC. The lowest BCUT2D eigenvalue weighted by molar-refractivity contribution is -0.143. The summed E-state index contributed by atoms with van der Waals surface area (Å²) in [4.78, 5) is 24.6. The molecule has 2 atom stereocenters. The normalized spacial score (nSPS) is 12.4. The maximum atomic E-state index is 12.6. The van der Waals surface area contributed by atoms with Crippen molar-refractivity contribution >= 4 is 11.9 Å². The number of carbonyl (C=O) groups is 2. The van der Waals surface area contributed by atoms with Gasteiger partial charge in [0.25, 0.3) is 0 Å². The van der Waals surface area contributed by atoms with Crippen LogP contribution in [0.4, 0.5) is 0 Å². The van der Waals surface area contributed by atoms with E-state index in [4.69, 9.17) is 4.74 Å². The molecule has 0 rings (SSSR count). The summed E-state index contributed by atoms with van der Waals surface area (Å²) in [6.07, 6.45) is 94.9. The average Bonchev–Trinajstić information content (AvgIpc) is 3.57. The van der Waals surface area contributed by atoms with Crippen LogP contribution in [0.15, 0.2) is 0 Å². The molecule has 0 radical (unpaired) electrons. The Labute approximate surface area is 540 Å². The molecular formula is C80H159NO5. The van der Waals surface area contributed by atoms with Crippen LogP contribution >= 0.6 is 0 Å². The average molecular weight is 1220 g/mol. The molecular weight excluding hydrogens is 1050 g/mol. The highest BCUT2D eigenvalue weighted by atomic mass is 16.5. The van der Waals surface area contributed by atoms with Crippen LogP contribution in [0.5, 0.6) is 0 Å². The number of amides is 1. The van der Waals surface area contributed by atoms with Gasteiger partial charge in [-0.2, -0.15) is 0 Å². The summed E-state index contributed by atoms with van der Waals surface area (Å²) in [6.45, 7) is 5.02. The molecule has 1 amide bonds. The molecule has 3 N–H and O–H groups in total. The summed E-state index contributed by atoms with van der Waals surface area (Å²) >= 11 is 0. The first-order chi connectivity index (χ1) is 42.5. The fourth-order valence-electron chi connectivity index (χ4n) is 13.3. The summed E-state index contributed by atoms with van der Waals surface area (Å²) < 4.78 is 5.49. The lowest BCUT2D eigenvalue weighted by Gasteiger charge is -2.22. The van der Waals surface area contributed by atoms with Gasteiger partial charge in [0.2, 0.25) is 5.91 Å². The van der Waals surface area contributed by atoms with Gasteiger partial charge in [0, 0.05) is 12.8 Å². The Hall–Kier alpha value is -1.14. The number of hydrogen-bond donors (Lipinski definition) is 3. The van der Waals surface area contributed by atoms with Gasteiger partial charge in [0.1, 0.15) is 0 Å². The van der Waals surface area contributed by atoms with Crippen LogP contribution in [0, 0.1) is 0 Å². The quantitative estimate of drug-likeness (QED) is 0.0417. The smallest absolute Gasteiger partial charge is 0.305 e. The number of nitrogens with one attached hydrogen (secondary N) is 1. The zero-order valence-corrected chi connectivity index (χ0v) is 59.1. The van der Waals surface area contributed by atoms with Gasteiger partial charge in [-0.3, -0.25) is 9.59 Å². The zero-order valence-electron chi connectivity index (χ0n) is 59.1. The Kier molecular flexibility index (Phi) is 75.3. The molecule has 0 aliphatic heterocycles. The van der Waals surface area contributed by atoms with E-state index >= 15 is 0 Å². The molecule has 0 fully saturated rings. The van der Waals surface area contributed by atoms with Gasteiger partial charge < -0.3 is 20.3 Å². The van der Waals surface area contributed by atoms with Gasteiger partial charge in [-0.05, 0) is 25.7 Å². The number of hydrogen-bond acceptors (Lipinski definition) is 5. The van der Waals surface area contributed by atoms with Crippen LogP contribution in [-0.2, 0) is 14.3 Å². The molecule has 0 bridgehead atoms. The van der Waals surface area contributed by atoms with Crippen LogP contribution in [0.3, 0.4) is 0 Å². The van der Waals surface area contributed by atoms with E-state index in [-0.39, 0.29) is 18.5 Å². The second kappa shape index (κ2) is 76.3. The number of unbranched alkanes of at least 4 members (excludes halogenated alkanes) is 66. The van der Waals surface area contributed by atoms with E-state index in [9.17, 15) is 19.8 Å². The molecule has 0 aliphatic carbocycles. The third kappa shape index (κ3) is 71.9. The van der Waals surface area contributed by atoms with Crippen molar-refractivity contribution in [3.8, 4) is 0 Å². The van der Waals surface area contributed by atoms with Crippen molar-refractivity contribution in [2.75, 3.05) is 13.2 Å². The highest BCUT2D eigenvalue weighted by Gasteiger charge is 2.20. The molecule has 86 heavy (non-hydrogen) atoms. The lowest BCUT2D eigenvalue weighted by Crippen LogP contribution is -2.45. The number of rotatable bonds is 77. The lowest BCUT2D eigenvalue weighted by atomic mass is 10.0. The van der Waals surface area contributed by atoms with Crippen molar-refractivity contribution in [1.82, 2.24) is 5.32 Å². The van der Waals surface area contributed by atoms with E-state index in [0.717, 1.165) is 38.5 Å². The van der Waals surface area contributed by atoms with E-state index in [1.165, 1.54) is 405 Å². The molecule has 6 nitrogen and oxygen atoms in total. The van der Waals surface area contributed by atoms with E-state index in [1.54, 1.807) is 0 Å². The molecule has 0 heterocycles. The number of carbonyl (C=O) groups excluding carboxylic acids is 2.